The fourth-order valence-corrected chi connectivity index (χ4v) is 3.69. The lowest BCUT2D eigenvalue weighted by molar-refractivity contribution is -0.110. The molecule has 170 valence electrons. The van der Waals surface area contributed by atoms with E-state index < -0.39 is 6.03 Å². The smallest absolute Gasteiger partial charge is 0.326 e. The van der Waals surface area contributed by atoms with Crippen LogP contribution in [0.2, 0.25) is 0 Å². The van der Waals surface area contributed by atoms with Crippen LogP contribution in [-0.2, 0) is 4.79 Å². The quantitative estimate of drug-likeness (QED) is 0.255. The van der Waals surface area contributed by atoms with Crippen LogP contribution in [-0.4, -0.2) is 22.1 Å². The Morgan fingerprint density at radius 1 is 1.03 bits per heavy atom. The number of hydrogen-bond donors (Lipinski definition) is 5. The van der Waals surface area contributed by atoms with Crippen molar-refractivity contribution in [1.82, 2.24) is 10.1 Å². The van der Waals surface area contributed by atoms with E-state index in [0.29, 0.717) is 17.0 Å². The predicted molar refractivity (Wildman–Crippen MR) is 132 cm³/mol. The Hall–Kier alpha value is -4.79. The first-order valence-corrected chi connectivity index (χ1v) is 10.6. The van der Waals surface area contributed by atoms with E-state index in [2.05, 4.69) is 31.4 Å². The van der Waals surface area contributed by atoms with Gasteiger partial charge in [-0.2, -0.15) is 0 Å². The molecule has 3 amide bonds. The summed E-state index contributed by atoms with van der Waals surface area (Å²) >= 11 is 0. The normalized spacial score (nSPS) is 13.5. The van der Waals surface area contributed by atoms with Crippen molar-refractivity contribution in [1.29, 1.82) is 0 Å². The summed E-state index contributed by atoms with van der Waals surface area (Å²) < 4.78 is 5.01. The Morgan fingerprint density at radius 3 is 2.65 bits per heavy atom. The molecule has 3 heterocycles. The standard InChI is InChI=1S/C25H22N6O3/c1-14-5-6-18(28-25(33)30-23-10-15(2)31-34-23)12-21(14)27-17-7-8-19-20(11-16-4-3-9-26-16)24(32)29-22(19)13-17/h3-13,26-27H,1-2H3,(H,29,32)(H2,28,30,33). The summed E-state index contributed by atoms with van der Waals surface area (Å²) in [7, 11) is 0. The number of aromatic amines is 1. The van der Waals surface area contributed by atoms with Crippen LogP contribution in [0, 0.1) is 13.8 Å². The summed E-state index contributed by atoms with van der Waals surface area (Å²) in [6.45, 7) is 3.74. The molecule has 0 saturated heterocycles. The average molecular weight is 454 g/mol. The number of nitrogens with one attached hydrogen (secondary N) is 5. The number of nitrogens with zero attached hydrogens (tertiary/aromatic N) is 1. The zero-order chi connectivity index (χ0) is 23.7. The number of fused-ring (bicyclic) bond motifs is 1. The average Bonchev–Trinajstić information content (AvgIpc) is 3.52. The van der Waals surface area contributed by atoms with Gasteiger partial charge in [-0.05, 0) is 61.9 Å². The van der Waals surface area contributed by atoms with Crippen LogP contribution >= 0.6 is 0 Å². The van der Waals surface area contributed by atoms with Gasteiger partial charge >= 0.3 is 6.03 Å². The van der Waals surface area contributed by atoms with E-state index in [9.17, 15) is 9.59 Å². The lowest BCUT2D eigenvalue weighted by atomic mass is 10.1. The van der Waals surface area contributed by atoms with Gasteiger partial charge in [0.25, 0.3) is 5.91 Å². The van der Waals surface area contributed by atoms with E-state index in [1.165, 1.54) is 0 Å². The molecular weight excluding hydrogens is 432 g/mol. The van der Waals surface area contributed by atoms with E-state index in [1.54, 1.807) is 13.0 Å². The molecule has 0 saturated carbocycles. The minimum atomic E-state index is -0.437. The first-order valence-electron chi connectivity index (χ1n) is 10.6. The van der Waals surface area contributed by atoms with Gasteiger partial charge < -0.3 is 25.5 Å². The number of aryl methyl sites for hydroxylation is 2. The van der Waals surface area contributed by atoms with Gasteiger partial charge in [-0.25, -0.2) is 4.79 Å². The second-order valence-electron chi connectivity index (χ2n) is 7.96. The van der Waals surface area contributed by atoms with Crippen molar-refractivity contribution in [3.8, 4) is 0 Å². The minimum Gasteiger partial charge on any atom is -0.362 e. The second kappa shape index (κ2) is 8.62. The van der Waals surface area contributed by atoms with Crippen molar-refractivity contribution in [3.63, 3.8) is 0 Å². The Bertz CT molecular complexity index is 1420. The molecule has 5 N–H and O–H groups in total. The van der Waals surface area contributed by atoms with Crippen LogP contribution in [0.4, 0.5) is 33.4 Å². The molecule has 9 heteroatoms. The number of amides is 3. The van der Waals surface area contributed by atoms with Crippen molar-refractivity contribution in [2.24, 2.45) is 0 Å². The molecule has 0 aliphatic carbocycles. The molecule has 2 aromatic heterocycles. The number of benzene rings is 2. The molecule has 1 aliphatic heterocycles. The topological polar surface area (TPSA) is 124 Å². The lowest BCUT2D eigenvalue weighted by Crippen LogP contribution is -2.19. The SMILES string of the molecule is Cc1cc(NC(=O)Nc2ccc(C)c(Nc3ccc4c(c3)NC(=O)C4=Cc3ccc[nH]3)c2)on1. The summed E-state index contributed by atoms with van der Waals surface area (Å²) in [5.74, 6) is 0.127. The largest absolute Gasteiger partial charge is 0.362 e. The second-order valence-corrected chi connectivity index (χ2v) is 7.96. The number of rotatable bonds is 5. The monoisotopic (exact) mass is 454 g/mol. The minimum absolute atomic E-state index is 0.142. The molecule has 34 heavy (non-hydrogen) atoms. The molecule has 0 unspecified atom stereocenters. The highest BCUT2D eigenvalue weighted by Gasteiger charge is 2.24. The van der Waals surface area contributed by atoms with Crippen LogP contribution in [0.15, 0.2) is 65.3 Å². The zero-order valence-electron chi connectivity index (χ0n) is 18.5. The van der Waals surface area contributed by atoms with Gasteiger partial charge in [0.15, 0.2) is 0 Å². The van der Waals surface area contributed by atoms with E-state index in [-0.39, 0.29) is 11.8 Å². The first-order chi connectivity index (χ1) is 16.4. The highest BCUT2D eigenvalue weighted by atomic mass is 16.5. The number of carbonyl (C=O) groups excluding carboxylic acids is 2. The van der Waals surface area contributed by atoms with Crippen molar-refractivity contribution in [2.75, 3.05) is 21.3 Å². The summed E-state index contributed by atoms with van der Waals surface area (Å²) in [5.41, 5.74) is 6.96. The highest BCUT2D eigenvalue weighted by Crippen LogP contribution is 2.36. The molecular formula is C25H22N6O3. The van der Waals surface area contributed by atoms with E-state index in [4.69, 9.17) is 4.52 Å². The lowest BCUT2D eigenvalue weighted by Gasteiger charge is -2.13. The predicted octanol–water partition coefficient (Wildman–Crippen LogP) is 5.50. The maximum atomic E-state index is 12.5. The molecule has 0 fully saturated rings. The molecule has 0 bridgehead atoms. The summed E-state index contributed by atoms with van der Waals surface area (Å²) in [5, 5.41) is 15.4. The maximum absolute atomic E-state index is 12.5. The molecule has 5 rings (SSSR count). The maximum Gasteiger partial charge on any atom is 0.326 e. The number of H-pyrrole nitrogens is 1. The number of carbonyl (C=O) groups is 2. The van der Waals surface area contributed by atoms with Crippen LogP contribution in [0.25, 0.3) is 11.6 Å². The van der Waals surface area contributed by atoms with Crippen LogP contribution in [0.5, 0.6) is 0 Å². The van der Waals surface area contributed by atoms with Crippen LogP contribution < -0.4 is 21.3 Å². The van der Waals surface area contributed by atoms with Gasteiger partial charge in [-0.3, -0.25) is 10.1 Å². The Morgan fingerprint density at radius 2 is 1.88 bits per heavy atom. The fourth-order valence-electron chi connectivity index (χ4n) is 3.69. The number of urea groups is 1. The number of anilines is 5. The number of hydrogen-bond acceptors (Lipinski definition) is 5. The molecule has 0 atom stereocenters. The van der Waals surface area contributed by atoms with Gasteiger partial charge in [0.1, 0.15) is 0 Å². The first kappa shape index (κ1) is 21.1. The Kier molecular flexibility index (Phi) is 5.35. The van der Waals surface area contributed by atoms with Crippen molar-refractivity contribution < 1.29 is 14.1 Å². The zero-order valence-corrected chi connectivity index (χ0v) is 18.5. The van der Waals surface area contributed by atoms with Gasteiger partial charge in [0, 0.05) is 40.6 Å². The molecule has 0 radical (unpaired) electrons. The Balaban J connectivity index is 1.32. The van der Waals surface area contributed by atoms with E-state index in [1.807, 2.05) is 67.7 Å². The summed E-state index contributed by atoms with van der Waals surface area (Å²) in [4.78, 5) is 27.8. The van der Waals surface area contributed by atoms with Crippen molar-refractivity contribution in [3.05, 3.63) is 83.3 Å². The van der Waals surface area contributed by atoms with Crippen molar-refractivity contribution in [2.45, 2.75) is 13.8 Å². The van der Waals surface area contributed by atoms with E-state index in [0.717, 1.165) is 33.9 Å². The molecule has 1 aliphatic rings. The molecule has 2 aromatic carbocycles. The highest BCUT2D eigenvalue weighted by molar-refractivity contribution is 6.35. The third-order valence-corrected chi connectivity index (χ3v) is 5.36. The summed E-state index contributed by atoms with van der Waals surface area (Å²) in [6, 6.07) is 16.3. The van der Waals surface area contributed by atoms with Gasteiger partial charge in [-0.1, -0.05) is 17.3 Å². The van der Waals surface area contributed by atoms with Crippen LogP contribution in [0.1, 0.15) is 22.5 Å². The Labute approximate surface area is 195 Å². The number of aromatic nitrogens is 2. The molecule has 4 aromatic rings. The molecule has 0 spiro atoms. The van der Waals surface area contributed by atoms with Gasteiger partial charge in [0.05, 0.1) is 17.0 Å². The third kappa shape index (κ3) is 4.40. The molecule has 9 nitrogen and oxygen atoms in total. The van der Waals surface area contributed by atoms with Crippen molar-refractivity contribution >= 4 is 52.2 Å². The van der Waals surface area contributed by atoms with E-state index >= 15 is 0 Å². The summed E-state index contributed by atoms with van der Waals surface area (Å²) in [6.07, 6.45) is 3.65. The fraction of sp³-hybridized carbons (Fsp3) is 0.0800. The van der Waals surface area contributed by atoms with Crippen LogP contribution in [0.3, 0.4) is 0 Å². The third-order valence-electron chi connectivity index (χ3n) is 5.36. The van der Waals surface area contributed by atoms with Gasteiger partial charge in [0.2, 0.25) is 5.88 Å². The van der Waals surface area contributed by atoms with Gasteiger partial charge in [-0.15, -0.1) is 0 Å².